The van der Waals surface area contributed by atoms with Crippen LogP contribution in [0.4, 0.5) is 0 Å². The molecule has 126 valence electrons. The van der Waals surface area contributed by atoms with E-state index in [4.69, 9.17) is 18.7 Å². The van der Waals surface area contributed by atoms with Gasteiger partial charge in [0, 0.05) is 12.3 Å². The standard InChI is InChI=1S/C13H18N2O7P/c1-3-19-8-4-5-15(12(17)14-8)11-9-10(16)13(22-11,6-20-9)7-21-23(2)18/h4-5,9-11,16H,3,6-7H2,1-2H3/q+1/t9-,10+,11-,13-/m1/s1. The molecule has 0 aliphatic carbocycles. The van der Waals surface area contributed by atoms with E-state index < -0.39 is 37.8 Å². The van der Waals surface area contributed by atoms with Crippen LogP contribution in [0.3, 0.4) is 0 Å². The Morgan fingerprint density at radius 1 is 1.61 bits per heavy atom. The summed E-state index contributed by atoms with van der Waals surface area (Å²) in [5.41, 5.74) is -1.70. The predicted octanol–water partition coefficient (Wildman–Crippen LogP) is 0.0581. The van der Waals surface area contributed by atoms with Gasteiger partial charge < -0.3 is 19.3 Å². The number of aliphatic hydroxyl groups excluding tert-OH is 1. The monoisotopic (exact) mass is 345 g/mol. The topological polar surface area (TPSA) is 109 Å². The molecule has 2 bridgehead atoms. The van der Waals surface area contributed by atoms with Crippen LogP contribution in [-0.2, 0) is 18.6 Å². The molecule has 0 spiro atoms. The Balaban J connectivity index is 1.83. The average Bonchev–Trinajstić information content (AvgIpc) is 2.96. The zero-order valence-electron chi connectivity index (χ0n) is 12.7. The quantitative estimate of drug-likeness (QED) is 0.721. The summed E-state index contributed by atoms with van der Waals surface area (Å²) in [5, 5.41) is 10.4. The molecule has 5 atom stereocenters. The molecule has 9 nitrogen and oxygen atoms in total. The van der Waals surface area contributed by atoms with Crippen LogP contribution in [0.2, 0.25) is 0 Å². The van der Waals surface area contributed by atoms with Crippen LogP contribution in [-0.4, -0.2) is 59.0 Å². The smallest absolute Gasteiger partial charge is 0.478 e. The van der Waals surface area contributed by atoms with Crippen molar-refractivity contribution in [3.8, 4) is 5.88 Å². The maximum absolute atomic E-state index is 12.1. The van der Waals surface area contributed by atoms with Gasteiger partial charge in [-0.25, -0.2) is 4.79 Å². The first-order valence-corrected chi connectivity index (χ1v) is 8.82. The van der Waals surface area contributed by atoms with Gasteiger partial charge in [0.1, 0.15) is 18.8 Å². The van der Waals surface area contributed by atoms with Crippen LogP contribution in [0, 0.1) is 0 Å². The Morgan fingerprint density at radius 3 is 3.04 bits per heavy atom. The lowest BCUT2D eigenvalue weighted by molar-refractivity contribution is -0.184. The van der Waals surface area contributed by atoms with E-state index in [2.05, 4.69) is 4.98 Å². The summed E-state index contributed by atoms with van der Waals surface area (Å²) in [6.07, 6.45) is -1.05. The van der Waals surface area contributed by atoms with Gasteiger partial charge in [-0.2, -0.15) is 4.98 Å². The average molecular weight is 345 g/mol. The molecule has 0 radical (unpaired) electrons. The number of ether oxygens (including phenoxy) is 3. The third-order valence-corrected chi connectivity index (χ3v) is 4.36. The molecule has 1 N–H and O–H groups in total. The molecule has 0 saturated carbocycles. The van der Waals surface area contributed by atoms with Crippen molar-refractivity contribution >= 4 is 8.03 Å². The third-order valence-electron chi connectivity index (χ3n) is 3.87. The maximum Gasteiger partial charge on any atom is 0.504 e. The second kappa shape index (κ2) is 6.26. The minimum absolute atomic E-state index is 0.0773. The molecular formula is C13H18N2O7P+. The third kappa shape index (κ3) is 2.90. The number of nitrogens with zero attached hydrogens (tertiary/aromatic N) is 2. The molecule has 3 heterocycles. The van der Waals surface area contributed by atoms with E-state index in [9.17, 15) is 14.5 Å². The van der Waals surface area contributed by atoms with Crippen LogP contribution in [0.1, 0.15) is 13.2 Å². The number of rotatable bonds is 6. The fourth-order valence-electron chi connectivity index (χ4n) is 2.76. The molecular weight excluding hydrogens is 327 g/mol. The van der Waals surface area contributed by atoms with Gasteiger partial charge in [-0.3, -0.25) is 4.57 Å². The molecule has 2 aliphatic rings. The van der Waals surface area contributed by atoms with Crippen molar-refractivity contribution in [1.82, 2.24) is 9.55 Å². The Kier molecular flexibility index (Phi) is 4.48. The first kappa shape index (κ1) is 16.5. The predicted molar refractivity (Wildman–Crippen MR) is 77.7 cm³/mol. The van der Waals surface area contributed by atoms with Crippen LogP contribution in [0.5, 0.6) is 5.88 Å². The second-order valence-electron chi connectivity index (χ2n) is 5.40. The van der Waals surface area contributed by atoms with Gasteiger partial charge in [-0.15, -0.1) is 4.52 Å². The SMILES string of the molecule is CCOc1ccn([C@@H]2O[C@@]3(CO[P+](C)=O)CO[C@@H]2[C@@H]3O)c(=O)n1. The van der Waals surface area contributed by atoms with Gasteiger partial charge in [0.2, 0.25) is 5.88 Å². The maximum atomic E-state index is 12.1. The number of aromatic nitrogens is 2. The van der Waals surface area contributed by atoms with Crippen molar-refractivity contribution in [2.75, 3.05) is 26.5 Å². The number of hydrogen-bond acceptors (Lipinski definition) is 8. The summed E-state index contributed by atoms with van der Waals surface area (Å²) < 4.78 is 34.0. The summed E-state index contributed by atoms with van der Waals surface area (Å²) >= 11 is 0. The highest BCUT2D eigenvalue weighted by Gasteiger charge is 2.63. The van der Waals surface area contributed by atoms with E-state index in [1.54, 1.807) is 13.0 Å². The van der Waals surface area contributed by atoms with E-state index in [1.807, 2.05) is 0 Å². The van der Waals surface area contributed by atoms with Gasteiger partial charge in [0.15, 0.2) is 18.5 Å². The summed E-state index contributed by atoms with van der Waals surface area (Å²) in [6.45, 7) is 3.64. The molecule has 10 heteroatoms. The van der Waals surface area contributed by atoms with Gasteiger partial charge >= 0.3 is 13.7 Å². The highest BCUT2D eigenvalue weighted by molar-refractivity contribution is 7.38. The van der Waals surface area contributed by atoms with Crippen LogP contribution in [0.25, 0.3) is 0 Å². The van der Waals surface area contributed by atoms with E-state index in [0.29, 0.717) is 6.61 Å². The summed E-state index contributed by atoms with van der Waals surface area (Å²) in [6, 6.07) is 1.54. The molecule has 2 fully saturated rings. The molecule has 1 aromatic rings. The van der Waals surface area contributed by atoms with Crippen LogP contribution in [0.15, 0.2) is 17.1 Å². The van der Waals surface area contributed by atoms with E-state index in [0.717, 1.165) is 0 Å². The highest BCUT2D eigenvalue weighted by Crippen LogP contribution is 2.45. The Hall–Kier alpha value is -1.38. The largest absolute Gasteiger partial charge is 0.504 e. The normalized spacial score (nSPS) is 33.0. The lowest BCUT2D eigenvalue weighted by Crippen LogP contribution is -2.45. The van der Waals surface area contributed by atoms with Crippen molar-refractivity contribution in [2.45, 2.75) is 31.0 Å². The molecule has 2 saturated heterocycles. The molecule has 1 unspecified atom stereocenters. The van der Waals surface area contributed by atoms with Gasteiger partial charge in [0.25, 0.3) is 0 Å². The molecule has 0 aromatic carbocycles. The van der Waals surface area contributed by atoms with Crippen LogP contribution >= 0.6 is 8.03 Å². The second-order valence-corrected chi connectivity index (χ2v) is 6.53. The Bertz CT molecular complexity index is 666. The fraction of sp³-hybridized carbons (Fsp3) is 0.692. The van der Waals surface area contributed by atoms with Gasteiger partial charge in [-0.05, 0) is 11.5 Å². The minimum Gasteiger partial charge on any atom is -0.478 e. The molecule has 23 heavy (non-hydrogen) atoms. The van der Waals surface area contributed by atoms with Crippen molar-refractivity contribution in [1.29, 1.82) is 0 Å². The van der Waals surface area contributed by atoms with Gasteiger partial charge in [-0.1, -0.05) is 0 Å². The first-order chi connectivity index (χ1) is 11.0. The molecule has 1 aromatic heterocycles. The summed E-state index contributed by atoms with van der Waals surface area (Å²) in [5.74, 6) is 0.222. The van der Waals surface area contributed by atoms with Crippen molar-refractivity contribution in [3.63, 3.8) is 0 Å². The minimum atomic E-state index is -1.83. The highest BCUT2D eigenvalue weighted by atomic mass is 31.1. The zero-order chi connectivity index (χ0) is 16.6. The van der Waals surface area contributed by atoms with E-state index in [-0.39, 0.29) is 19.1 Å². The molecule has 3 rings (SSSR count). The zero-order valence-corrected chi connectivity index (χ0v) is 13.6. The lowest BCUT2D eigenvalue weighted by Gasteiger charge is -2.29. The van der Waals surface area contributed by atoms with E-state index >= 15 is 0 Å². The van der Waals surface area contributed by atoms with Crippen molar-refractivity contribution in [2.24, 2.45) is 0 Å². The Morgan fingerprint density at radius 2 is 2.39 bits per heavy atom. The van der Waals surface area contributed by atoms with Crippen LogP contribution < -0.4 is 10.4 Å². The van der Waals surface area contributed by atoms with Crippen molar-refractivity contribution < 1.29 is 28.4 Å². The first-order valence-electron chi connectivity index (χ1n) is 7.20. The van der Waals surface area contributed by atoms with E-state index in [1.165, 1.54) is 17.4 Å². The van der Waals surface area contributed by atoms with Crippen molar-refractivity contribution in [3.05, 3.63) is 22.7 Å². The fourth-order valence-corrected chi connectivity index (χ4v) is 3.16. The number of aliphatic hydroxyl groups is 1. The number of hydrogen-bond donors (Lipinski definition) is 1. The van der Waals surface area contributed by atoms with Gasteiger partial charge in [0.05, 0.1) is 13.2 Å². The lowest BCUT2D eigenvalue weighted by atomic mass is 10.0. The molecule has 0 amide bonds. The number of fused-ring (bicyclic) bond motifs is 2. The molecule has 2 aliphatic heterocycles. The Labute approximate surface area is 133 Å². The summed E-state index contributed by atoms with van der Waals surface area (Å²) in [4.78, 5) is 15.9. The summed E-state index contributed by atoms with van der Waals surface area (Å²) in [7, 11) is -1.83.